The van der Waals surface area contributed by atoms with Crippen LogP contribution in [0.4, 0.5) is 0 Å². The molecule has 0 unspecified atom stereocenters. The number of carbonyl (C=O) groups excluding carboxylic acids is 1. The second-order valence-corrected chi connectivity index (χ2v) is 10.1. The van der Waals surface area contributed by atoms with Crippen LogP contribution in [0.5, 0.6) is 34.5 Å². The summed E-state index contributed by atoms with van der Waals surface area (Å²) in [6.07, 6.45) is 0. The van der Waals surface area contributed by atoms with Crippen LogP contribution in [0.25, 0.3) is 21.9 Å². The molecule has 0 spiro atoms. The molecule has 37 heavy (non-hydrogen) atoms. The molecule has 0 radical (unpaired) electrons. The van der Waals surface area contributed by atoms with Gasteiger partial charge in [0.2, 0.25) is 5.78 Å². The molecule has 8 heteroatoms. The Hall–Kier alpha value is -4.10. The number of fused-ring (bicyclic) bond motifs is 3. The molecule has 0 heterocycles. The molecule has 4 aromatic carbocycles. The normalized spacial score (nSPS) is 13.8. The Balaban J connectivity index is 1.93. The molecular weight excluding hydrogens is 496 g/mol. The molecule has 0 saturated carbocycles. The molecule has 4 N–H and O–H groups in total. The molecule has 0 aromatic heterocycles. The number of rotatable bonds is 3. The highest BCUT2D eigenvalue weighted by atomic mass is 35.5. The van der Waals surface area contributed by atoms with Crippen molar-refractivity contribution in [2.75, 3.05) is 14.2 Å². The van der Waals surface area contributed by atoms with Crippen LogP contribution in [0.1, 0.15) is 46.5 Å². The van der Waals surface area contributed by atoms with Crippen LogP contribution in [0, 0.1) is 6.92 Å². The van der Waals surface area contributed by atoms with E-state index in [1.807, 2.05) is 13.8 Å². The second-order valence-electron chi connectivity index (χ2n) is 9.67. The molecule has 0 aliphatic heterocycles. The predicted octanol–water partition coefficient (Wildman–Crippen LogP) is 6.18. The number of phenolic OH excluding ortho intramolecular Hbond substituents is 4. The van der Waals surface area contributed by atoms with Gasteiger partial charge in [0, 0.05) is 34.1 Å². The number of methoxy groups -OCH3 is 2. The first kappa shape index (κ1) is 24.6. The molecule has 1 aliphatic rings. The summed E-state index contributed by atoms with van der Waals surface area (Å²) >= 11 is 6.52. The maximum absolute atomic E-state index is 13.7. The van der Waals surface area contributed by atoms with Crippen LogP contribution < -0.4 is 9.47 Å². The predicted molar refractivity (Wildman–Crippen MR) is 141 cm³/mol. The van der Waals surface area contributed by atoms with Crippen LogP contribution in [-0.2, 0) is 5.41 Å². The standard InChI is InChI=1S/C29H25ClO7/c1-12-22(20(33)11-21(37-5)26(12)30)16-10-15(36-4)6-13-7-17-25(27(34)23(13)16)28(35)24-18(29(17,2)3)8-14(31)9-19(24)32/h6-11,31-34H,1-5H3. The number of ether oxygens (including phenoxy) is 2. The van der Waals surface area contributed by atoms with E-state index in [1.54, 1.807) is 25.1 Å². The molecule has 190 valence electrons. The van der Waals surface area contributed by atoms with Gasteiger partial charge in [0.15, 0.2) is 0 Å². The largest absolute Gasteiger partial charge is 0.508 e. The summed E-state index contributed by atoms with van der Waals surface area (Å²) in [5.74, 6) is -0.787. The third kappa shape index (κ3) is 3.38. The number of ketones is 1. The van der Waals surface area contributed by atoms with Crippen molar-refractivity contribution in [2.45, 2.75) is 26.2 Å². The minimum atomic E-state index is -0.856. The Morgan fingerprint density at radius 2 is 1.46 bits per heavy atom. The van der Waals surface area contributed by atoms with Crippen molar-refractivity contribution in [3.63, 3.8) is 0 Å². The summed E-state index contributed by atoms with van der Waals surface area (Å²) in [5.41, 5.74) is 1.43. The average molecular weight is 521 g/mol. The van der Waals surface area contributed by atoms with Gasteiger partial charge in [-0.3, -0.25) is 4.79 Å². The highest BCUT2D eigenvalue weighted by Gasteiger charge is 2.41. The van der Waals surface area contributed by atoms with Gasteiger partial charge in [0.25, 0.3) is 0 Å². The minimum absolute atomic E-state index is 0.0199. The first-order chi connectivity index (χ1) is 17.4. The number of carbonyl (C=O) groups is 1. The Kier molecular flexibility index (Phi) is 5.46. The molecule has 0 amide bonds. The monoisotopic (exact) mass is 520 g/mol. The highest BCUT2D eigenvalue weighted by molar-refractivity contribution is 6.33. The molecule has 4 aromatic rings. The lowest BCUT2D eigenvalue weighted by Crippen LogP contribution is -2.30. The topological polar surface area (TPSA) is 116 Å². The zero-order chi connectivity index (χ0) is 27.0. The zero-order valence-electron chi connectivity index (χ0n) is 20.9. The third-order valence-corrected chi connectivity index (χ3v) is 7.73. The Labute approximate surface area is 218 Å². The van der Waals surface area contributed by atoms with Crippen molar-refractivity contribution >= 4 is 28.2 Å². The maximum atomic E-state index is 13.7. The third-order valence-electron chi connectivity index (χ3n) is 7.26. The average Bonchev–Trinajstić information content (AvgIpc) is 2.84. The SMILES string of the molecule is COc1cc(-c2c(O)cc(OC)c(Cl)c2C)c2c(O)c3c(cc2c1)C(C)(C)c1cc(O)cc(O)c1C3=O. The lowest BCUT2D eigenvalue weighted by Gasteiger charge is -2.35. The zero-order valence-corrected chi connectivity index (χ0v) is 21.6. The number of halogens is 1. The highest BCUT2D eigenvalue weighted by Crippen LogP contribution is 2.53. The maximum Gasteiger partial charge on any atom is 0.201 e. The lowest BCUT2D eigenvalue weighted by atomic mass is 9.67. The van der Waals surface area contributed by atoms with Gasteiger partial charge in [-0.25, -0.2) is 0 Å². The van der Waals surface area contributed by atoms with E-state index in [0.29, 0.717) is 55.1 Å². The molecule has 1 aliphatic carbocycles. The smallest absolute Gasteiger partial charge is 0.201 e. The summed E-state index contributed by atoms with van der Waals surface area (Å²) < 4.78 is 10.8. The Morgan fingerprint density at radius 1 is 0.811 bits per heavy atom. The van der Waals surface area contributed by atoms with Gasteiger partial charge in [-0.15, -0.1) is 0 Å². The summed E-state index contributed by atoms with van der Waals surface area (Å²) in [7, 11) is 2.95. The number of aromatic hydroxyl groups is 4. The summed E-state index contributed by atoms with van der Waals surface area (Å²) in [6, 6.07) is 9.12. The van der Waals surface area contributed by atoms with Gasteiger partial charge in [0.05, 0.1) is 30.4 Å². The molecule has 7 nitrogen and oxygen atoms in total. The molecule has 0 saturated heterocycles. The van der Waals surface area contributed by atoms with E-state index >= 15 is 0 Å². The Morgan fingerprint density at radius 3 is 2.11 bits per heavy atom. The fraction of sp³-hybridized carbons (Fsp3) is 0.207. The van der Waals surface area contributed by atoms with Crippen LogP contribution in [0.15, 0.2) is 36.4 Å². The van der Waals surface area contributed by atoms with Gasteiger partial charge in [-0.05, 0) is 53.3 Å². The van der Waals surface area contributed by atoms with Crippen molar-refractivity contribution in [1.29, 1.82) is 0 Å². The molecule has 0 fully saturated rings. The quantitative estimate of drug-likeness (QED) is 0.255. The second kappa shape index (κ2) is 8.21. The Bertz CT molecular complexity index is 1650. The summed E-state index contributed by atoms with van der Waals surface area (Å²) in [4.78, 5) is 13.7. The minimum Gasteiger partial charge on any atom is -0.508 e. The summed E-state index contributed by atoms with van der Waals surface area (Å²) in [6.45, 7) is 5.42. The molecule has 5 rings (SSSR count). The van der Waals surface area contributed by atoms with Gasteiger partial charge in [0.1, 0.15) is 34.5 Å². The van der Waals surface area contributed by atoms with E-state index in [-0.39, 0.29) is 34.1 Å². The van der Waals surface area contributed by atoms with E-state index in [2.05, 4.69) is 0 Å². The van der Waals surface area contributed by atoms with Gasteiger partial charge in [-0.1, -0.05) is 25.4 Å². The number of benzene rings is 4. The van der Waals surface area contributed by atoms with Crippen LogP contribution in [-0.4, -0.2) is 40.4 Å². The number of hydrogen-bond donors (Lipinski definition) is 4. The molecule has 0 atom stereocenters. The molecule has 0 bridgehead atoms. The van der Waals surface area contributed by atoms with Crippen molar-refractivity contribution in [3.8, 4) is 45.6 Å². The van der Waals surface area contributed by atoms with Gasteiger partial charge < -0.3 is 29.9 Å². The van der Waals surface area contributed by atoms with Crippen LogP contribution >= 0.6 is 11.6 Å². The van der Waals surface area contributed by atoms with Crippen molar-refractivity contribution < 1.29 is 34.7 Å². The van der Waals surface area contributed by atoms with E-state index in [4.69, 9.17) is 21.1 Å². The van der Waals surface area contributed by atoms with Crippen molar-refractivity contribution in [1.82, 2.24) is 0 Å². The van der Waals surface area contributed by atoms with Gasteiger partial charge >= 0.3 is 0 Å². The van der Waals surface area contributed by atoms with E-state index in [0.717, 1.165) is 6.07 Å². The first-order valence-corrected chi connectivity index (χ1v) is 11.9. The van der Waals surface area contributed by atoms with Crippen molar-refractivity contribution in [2.24, 2.45) is 0 Å². The van der Waals surface area contributed by atoms with Crippen LogP contribution in [0.3, 0.4) is 0 Å². The molecular formula is C29H25ClO7. The lowest BCUT2D eigenvalue weighted by molar-refractivity contribution is 0.102. The van der Waals surface area contributed by atoms with E-state index in [9.17, 15) is 25.2 Å². The fourth-order valence-electron chi connectivity index (χ4n) is 5.38. The van der Waals surface area contributed by atoms with E-state index in [1.165, 1.54) is 26.4 Å². The van der Waals surface area contributed by atoms with Gasteiger partial charge in [-0.2, -0.15) is 0 Å². The number of phenols is 4. The van der Waals surface area contributed by atoms with Crippen LogP contribution in [0.2, 0.25) is 5.02 Å². The fourth-order valence-corrected chi connectivity index (χ4v) is 5.61. The van der Waals surface area contributed by atoms with Crippen molar-refractivity contribution in [3.05, 3.63) is 69.2 Å². The van der Waals surface area contributed by atoms with E-state index < -0.39 is 11.2 Å². The summed E-state index contributed by atoms with van der Waals surface area (Å²) in [5, 5.41) is 44.5. The number of hydrogen-bond acceptors (Lipinski definition) is 7. The first-order valence-electron chi connectivity index (χ1n) is 11.5.